The van der Waals surface area contributed by atoms with Crippen LogP contribution in [0.25, 0.3) is 0 Å². The number of amides is 1. The minimum atomic E-state index is -0.0701. The van der Waals surface area contributed by atoms with Crippen molar-refractivity contribution in [2.45, 2.75) is 32.7 Å². The standard InChI is InChI=1S/C14H21ClN2O2/c1-4-11(5-2)17(10-8-15)14(18)12-7-6-9-16-13(12)19-3/h6-7,9,11H,4-5,8,10H2,1-3H3. The summed E-state index contributed by atoms with van der Waals surface area (Å²) in [4.78, 5) is 18.5. The van der Waals surface area contributed by atoms with Crippen LogP contribution in [0.15, 0.2) is 18.3 Å². The van der Waals surface area contributed by atoms with Gasteiger partial charge in [-0.05, 0) is 25.0 Å². The van der Waals surface area contributed by atoms with Crippen LogP contribution in [0.3, 0.4) is 0 Å². The Morgan fingerprint density at radius 1 is 1.47 bits per heavy atom. The minimum Gasteiger partial charge on any atom is -0.480 e. The van der Waals surface area contributed by atoms with E-state index in [0.717, 1.165) is 12.8 Å². The molecule has 4 nitrogen and oxygen atoms in total. The Morgan fingerprint density at radius 2 is 2.16 bits per heavy atom. The monoisotopic (exact) mass is 284 g/mol. The summed E-state index contributed by atoms with van der Waals surface area (Å²) >= 11 is 5.82. The lowest BCUT2D eigenvalue weighted by Gasteiger charge is -2.30. The Labute approximate surface area is 119 Å². The Hall–Kier alpha value is -1.29. The molecule has 0 spiro atoms. The average Bonchev–Trinajstić information content (AvgIpc) is 2.46. The lowest BCUT2D eigenvalue weighted by Crippen LogP contribution is -2.41. The molecule has 0 unspecified atom stereocenters. The van der Waals surface area contributed by atoms with E-state index in [1.54, 1.807) is 18.3 Å². The van der Waals surface area contributed by atoms with E-state index < -0.39 is 0 Å². The van der Waals surface area contributed by atoms with E-state index in [-0.39, 0.29) is 11.9 Å². The zero-order chi connectivity index (χ0) is 14.3. The van der Waals surface area contributed by atoms with Crippen molar-refractivity contribution in [3.63, 3.8) is 0 Å². The molecule has 0 aliphatic carbocycles. The Kier molecular flexibility index (Phi) is 6.64. The zero-order valence-corrected chi connectivity index (χ0v) is 12.5. The summed E-state index contributed by atoms with van der Waals surface area (Å²) in [7, 11) is 1.52. The third-order valence-corrected chi connectivity index (χ3v) is 3.33. The second-order valence-electron chi connectivity index (χ2n) is 4.22. The van der Waals surface area contributed by atoms with Crippen LogP contribution >= 0.6 is 11.6 Å². The summed E-state index contributed by atoms with van der Waals surface area (Å²) < 4.78 is 5.15. The first kappa shape index (κ1) is 15.8. The summed E-state index contributed by atoms with van der Waals surface area (Å²) in [5.41, 5.74) is 0.488. The van der Waals surface area contributed by atoms with Crippen molar-refractivity contribution in [3.8, 4) is 5.88 Å². The molecule has 0 aliphatic rings. The van der Waals surface area contributed by atoms with E-state index in [9.17, 15) is 4.79 Å². The second-order valence-corrected chi connectivity index (χ2v) is 4.60. The van der Waals surface area contributed by atoms with Gasteiger partial charge in [-0.3, -0.25) is 4.79 Å². The quantitative estimate of drug-likeness (QED) is 0.723. The first-order valence-corrected chi connectivity index (χ1v) is 7.08. The van der Waals surface area contributed by atoms with Crippen molar-refractivity contribution >= 4 is 17.5 Å². The van der Waals surface area contributed by atoms with Gasteiger partial charge in [0.15, 0.2) is 0 Å². The van der Waals surface area contributed by atoms with Crippen LogP contribution in [0.4, 0.5) is 0 Å². The van der Waals surface area contributed by atoms with Gasteiger partial charge in [0.25, 0.3) is 5.91 Å². The molecule has 0 aromatic carbocycles. The first-order valence-electron chi connectivity index (χ1n) is 6.55. The molecule has 106 valence electrons. The summed E-state index contributed by atoms with van der Waals surface area (Å²) in [5, 5.41) is 0. The Balaban J connectivity index is 3.04. The van der Waals surface area contributed by atoms with Crippen molar-refractivity contribution in [2.75, 3.05) is 19.5 Å². The van der Waals surface area contributed by atoms with Crippen molar-refractivity contribution in [1.29, 1.82) is 0 Å². The highest BCUT2D eigenvalue weighted by molar-refractivity contribution is 6.18. The maximum atomic E-state index is 12.6. The molecule has 1 rings (SSSR count). The summed E-state index contributed by atoms with van der Waals surface area (Å²) in [6.07, 6.45) is 3.42. The topological polar surface area (TPSA) is 42.4 Å². The number of rotatable bonds is 7. The third kappa shape index (κ3) is 3.83. The fourth-order valence-corrected chi connectivity index (χ4v) is 2.32. The normalized spacial score (nSPS) is 10.6. The number of ether oxygens (including phenoxy) is 1. The van der Waals surface area contributed by atoms with E-state index in [2.05, 4.69) is 18.8 Å². The van der Waals surface area contributed by atoms with Gasteiger partial charge in [-0.1, -0.05) is 13.8 Å². The Morgan fingerprint density at radius 3 is 2.68 bits per heavy atom. The molecule has 0 saturated carbocycles. The van der Waals surface area contributed by atoms with Gasteiger partial charge in [-0.25, -0.2) is 4.98 Å². The summed E-state index contributed by atoms with van der Waals surface area (Å²) in [6, 6.07) is 3.66. The molecule has 1 aromatic rings. The van der Waals surface area contributed by atoms with E-state index in [0.29, 0.717) is 23.9 Å². The minimum absolute atomic E-state index is 0.0701. The largest absolute Gasteiger partial charge is 0.480 e. The van der Waals surface area contributed by atoms with Crippen LogP contribution in [-0.4, -0.2) is 41.4 Å². The van der Waals surface area contributed by atoms with Gasteiger partial charge in [-0.2, -0.15) is 0 Å². The Bertz CT molecular complexity index is 408. The van der Waals surface area contributed by atoms with E-state index in [1.807, 2.05) is 4.90 Å². The predicted molar refractivity (Wildman–Crippen MR) is 76.9 cm³/mol. The van der Waals surface area contributed by atoms with Crippen LogP contribution in [0.1, 0.15) is 37.0 Å². The number of carbonyl (C=O) groups excluding carboxylic acids is 1. The molecular weight excluding hydrogens is 264 g/mol. The molecule has 0 aliphatic heterocycles. The number of carbonyl (C=O) groups is 1. The van der Waals surface area contributed by atoms with Crippen LogP contribution < -0.4 is 4.74 Å². The molecule has 0 radical (unpaired) electrons. The lowest BCUT2D eigenvalue weighted by molar-refractivity contribution is 0.0677. The van der Waals surface area contributed by atoms with Gasteiger partial charge in [0.2, 0.25) is 5.88 Å². The van der Waals surface area contributed by atoms with Gasteiger partial charge in [-0.15, -0.1) is 11.6 Å². The highest BCUT2D eigenvalue weighted by atomic mass is 35.5. The molecule has 0 bridgehead atoms. The fraction of sp³-hybridized carbons (Fsp3) is 0.571. The number of halogens is 1. The number of pyridine rings is 1. The molecule has 0 saturated heterocycles. The maximum absolute atomic E-state index is 12.6. The van der Waals surface area contributed by atoms with Gasteiger partial charge in [0, 0.05) is 24.7 Å². The smallest absolute Gasteiger partial charge is 0.259 e. The van der Waals surface area contributed by atoms with Crippen LogP contribution in [0.5, 0.6) is 5.88 Å². The predicted octanol–water partition coefficient (Wildman–Crippen LogP) is 2.96. The number of hydrogen-bond acceptors (Lipinski definition) is 3. The van der Waals surface area contributed by atoms with Gasteiger partial charge >= 0.3 is 0 Å². The number of hydrogen-bond donors (Lipinski definition) is 0. The molecule has 1 amide bonds. The highest BCUT2D eigenvalue weighted by Crippen LogP contribution is 2.19. The molecule has 19 heavy (non-hydrogen) atoms. The number of alkyl halides is 1. The van der Waals surface area contributed by atoms with Crippen molar-refractivity contribution < 1.29 is 9.53 Å². The van der Waals surface area contributed by atoms with Crippen LogP contribution in [-0.2, 0) is 0 Å². The van der Waals surface area contributed by atoms with Crippen LogP contribution in [0.2, 0.25) is 0 Å². The molecule has 0 atom stereocenters. The molecule has 5 heteroatoms. The average molecular weight is 285 g/mol. The number of methoxy groups -OCH3 is 1. The van der Waals surface area contributed by atoms with Gasteiger partial charge in [0.05, 0.1) is 7.11 Å². The van der Waals surface area contributed by atoms with Crippen molar-refractivity contribution in [3.05, 3.63) is 23.9 Å². The van der Waals surface area contributed by atoms with Crippen molar-refractivity contribution in [1.82, 2.24) is 9.88 Å². The van der Waals surface area contributed by atoms with E-state index >= 15 is 0 Å². The fourth-order valence-electron chi connectivity index (χ4n) is 2.14. The highest BCUT2D eigenvalue weighted by Gasteiger charge is 2.24. The third-order valence-electron chi connectivity index (χ3n) is 3.16. The van der Waals surface area contributed by atoms with Crippen LogP contribution in [0, 0.1) is 0 Å². The first-order chi connectivity index (χ1) is 9.19. The zero-order valence-electron chi connectivity index (χ0n) is 11.7. The van der Waals surface area contributed by atoms with Gasteiger partial charge < -0.3 is 9.64 Å². The van der Waals surface area contributed by atoms with Gasteiger partial charge in [0.1, 0.15) is 5.56 Å². The molecule has 1 aromatic heterocycles. The van der Waals surface area contributed by atoms with Crippen molar-refractivity contribution in [2.24, 2.45) is 0 Å². The maximum Gasteiger partial charge on any atom is 0.259 e. The van der Waals surface area contributed by atoms with E-state index in [1.165, 1.54) is 7.11 Å². The SMILES string of the molecule is CCC(CC)N(CCCl)C(=O)c1cccnc1OC. The number of nitrogens with zero attached hydrogens (tertiary/aromatic N) is 2. The lowest BCUT2D eigenvalue weighted by atomic mass is 10.1. The second kappa shape index (κ2) is 8.00. The molecular formula is C14H21ClN2O2. The molecule has 0 fully saturated rings. The van der Waals surface area contributed by atoms with E-state index in [4.69, 9.17) is 16.3 Å². The summed E-state index contributed by atoms with van der Waals surface area (Å²) in [5.74, 6) is 0.711. The molecule has 1 heterocycles. The number of aromatic nitrogens is 1. The summed E-state index contributed by atoms with van der Waals surface area (Å²) in [6.45, 7) is 4.68. The molecule has 0 N–H and O–H groups in total.